The lowest BCUT2D eigenvalue weighted by Gasteiger charge is -2.29. The second-order valence-electron chi connectivity index (χ2n) is 3.63. The van der Waals surface area contributed by atoms with Gasteiger partial charge in [-0.05, 0) is 19.3 Å². The van der Waals surface area contributed by atoms with Crippen LogP contribution in [0, 0.1) is 5.41 Å². The zero-order chi connectivity index (χ0) is 10.3. The third-order valence-electron chi connectivity index (χ3n) is 2.75. The van der Waals surface area contributed by atoms with E-state index < -0.39 is 0 Å². The van der Waals surface area contributed by atoms with Gasteiger partial charge in [0.05, 0.1) is 5.41 Å². The van der Waals surface area contributed by atoms with Gasteiger partial charge in [0.15, 0.2) is 0 Å². The average molecular weight is 202 g/mol. The molecule has 0 aliphatic heterocycles. The lowest BCUT2D eigenvalue weighted by molar-refractivity contribution is -0.147. The predicted octanol–water partition coefficient (Wildman–Crippen LogP) is 1.81. The van der Waals surface area contributed by atoms with Gasteiger partial charge < -0.3 is 4.43 Å². The van der Waals surface area contributed by atoms with E-state index in [1.807, 2.05) is 0 Å². The topological polar surface area (TPSA) is 26.3 Å². The highest BCUT2D eigenvalue weighted by molar-refractivity contribution is 6.06. The first-order chi connectivity index (χ1) is 6.16. The summed E-state index contributed by atoms with van der Waals surface area (Å²) in [6, 6.07) is 0. The highest BCUT2D eigenvalue weighted by atomic mass is 28.2. The Hall–Kier alpha value is -0.313. The van der Waals surface area contributed by atoms with Crippen molar-refractivity contribution in [1.82, 2.24) is 0 Å². The van der Waals surface area contributed by atoms with Crippen LogP contribution in [0.3, 0.4) is 0 Å². The monoisotopic (exact) mass is 202 g/mol. The molecule has 0 aromatic rings. The molecule has 0 N–H and O–H groups in total. The molecule has 2 nitrogen and oxygen atoms in total. The maximum absolute atomic E-state index is 11.7. The summed E-state index contributed by atoms with van der Waals surface area (Å²) in [4.78, 5) is 11.7. The van der Waals surface area contributed by atoms with Gasteiger partial charge in [0.2, 0.25) is 10.5 Å². The standard InChI is InChI=1S/C10H22O2Si/c1-4-7-10(6-3,8-5-2)9(11)12-13/h4-8H2,1-3,13H3. The smallest absolute Gasteiger partial charge is 0.298 e. The summed E-state index contributed by atoms with van der Waals surface area (Å²) < 4.78 is 5.01. The van der Waals surface area contributed by atoms with Gasteiger partial charge >= 0.3 is 0 Å². The minimum absolute atomic E-state index is 0.0327. The lowest BCUT2D eigenvalue weighted by Crippen LogP contribution is -2.31. The molecule has 78 valence electrons. The molecule has 0 aliphatic rings. The van der Waals surface area contributed by atoms with Crippen LogP contribution in [0.1, 0.15) is 52.9 Å². The quantitative estimate of drug-likeness (QED) is 0.614. The van der Waals surface area contributed by atoms with E-state index in [9.17, 15) is 4.79 Å². The van der Waals surface area contributed by atoms with E-state index in [0.29, 0.717) is 10.5 Å². The Morgan fingerprint density at radius 2 is 1.69 bits per heavy atom. The van der Waals surface area contributed by atoms with Crippen LogP contribution in [0.4, 0.5) is 0 Å². The Balaban J connectivity index is 4.52. The minimum atomic E-state index is -0.175. The van der Waals surface area contributed by atoms with Gasteiger partial charge in [-0.3, -0.25) is 4.79 Å². The Morgan fingerprint density at radius 3 is 1.92 bits per heavy atom. The third-order valence-corrected chi connectivity index (χ3v) is 3.12. The summed E-state index contributed by atoms with van der Waals surface area (Å²) in [5, 5.41) is 0. The molecule has 0 spiro atoms. The molecule has 0 bridgehead atoms. The van der Waals surface area contributed by atoms with E-state index in [0.717, 1.165) is 32.1 Å². The van der Waals surface area contributed by atoms with Crippen LogP contribution in [-0.4, -0.2) is 16.5 Å². The molecule has 0 aromatic carbocycles. The molecule has 0 atom stereocenters. The molecule has 0 heterocycles. The first-order valence-corrected chi connectivity index (χ1v) is 6.06. The zero-order valence-electron chi connectivity index (χ0n) is 9.35. The maximum Gasteiger partial charge on any atom is 0.298 e. The van der Waals surface area contributed by atoms with Crippen molar-refractivity contribution in [1.29, 1.82) is 0 Å². The number of hydrogen-bond donors (Lipinski definition) is 0. The van der Waals surface area contributed by atoms with Crippen molar-refractivity contribution < 1.29 is 9.22 Å². The molecule has 0 rings (SSSR count). The maximum atomic E-state index is 11.7. The van der Waals surface area contributed by atoms with E-state index >= 15 is 0 Å². The summed E-state index contributed by atoms with van der Waals surface area (Å²) >= 11 is 0. The fourth-order valence-electron chi connectivity index (χ4n) is 2.00. The van der Waals surface area contributed by atoms with Crippen LogP contribution in [0.2, 0.25) is 0 Å². The van der Waals surface area contributed by atoms with E-state index in [-0.39, 0.29) is 11.4 Å². The SMILES string of the molecule is CCCC(CC)(CCC)C(=O)O[SiH3]. The first kappa shape index (κ1) is 12.7. The molecule has 0 aromatic heterocycles. The van der Waals surface area contributed by atoms with Gasteiger partial charge in [0, 0.05) is 0 Å². The lowest BCUT2D eigenvalue weighted by atomic mass is 9.77. The largest absolute Gasteiger partial charge is 0.528 e. The van der Waals surface area contributed by atoms with Crippen molar-refractivity contribution in [3.05, 3.63) is 0 Å². The second-order valence-corrected chi connectivity index (χ2v) is 4.03. The van der Waals surface area contributed by atoms with Crippen molar-refractivity contribution in [3.63, 3.8) is 0 Å². The van der Waals surface area contributed by atoms with Gasteiger partial charge in [-0.2, -0.15) is 0 Å². The Kier molecular flexibility index (Phi) is 6.04. The van der Waals surface area contributed by atoms with Crippen molar-refractivity contribution >= 4 is 16.5 Å². The molecular formula is C10H22O2Si. The molecule has 0 saturated heterocycles. The summed E-state index contributed by atoms with van der Waals surface area (Å²) in [5.74, 6) is 0.0327. The van der Waals surface area contributed by atoms with E-state index in [4.69, 9.17) is 4.43 Å². The van der Waals surface area contributed by atoms with Gasteiger partial charge in [0.25, 0.3) is 5.97 Å². The molecule has 13 heavy (non-hydrogen) atoms. The van der Waals surface area contributed by atoms with E-state index in [1.165, 1.54) is 0 Å². The fraction of sp³-hybridized carbons (Fsp3) is 0.900. The van der Waals surface area contributed by atoms with Gasteiger partial charge in [0.1, 0.15) is 0 Å². The van der Waals surface area contributed by atoms with Crippen LogP contribution in [0.25, 0.3) is 0 Å². The predicted molar refractivity (Wildman–Crippen MR) is 58.6 cm³/mol. The molecular weight excluding hydrogens is 180 g/mol. The summed E-state index contributed by atoms with van der Waals surface area (Å²) in [6.45, 7) is 6.34. The Bertz CT molecular complexity index is 151. The Labute approximate surface area is 84.6 Å². The van der Waals surface area contributed by atoms with Gasteiger partial charge in [-0.1, -0.05) is 33.6 Å². The average Bonchev–Trinajstić information content (AvgIpc) is 2.16. The number of rotatable bonds is 6. The molecule has 0 unspecified atom stereocenters. The number of carbonyl (C=O) groups excluding carboxylic acids is 1. The number of hydrogen-bond acceptors (Lipinski definition) is 2. The Morgan fingerprint density at radius 1 is 1.23 bits per heavy atom. The molecule has 0 aliphatic carbocycles. The van der Waals surface area contributed by atoms with Gasteiger partial charge in [-0.15, -0.1) is 0 Å². The van der Waals surface area contributed by atoms with Crippen molar-refractivity contribution in [2.24, 2.45) is 5.41 Å². The molecule has 3 heteroatoms. The van der Waals surface area contributed by atoms with Crippen molar-refractivity contribution in [2.75, 3.05) is 0 Å². The van der Waals surface area contributed by atoms with Crippen LogP contribution >= 0.6 is 0 Å². The highest BCUT2D eigenvalue weighted by Crippen LogP contribution is 2.34. The highest BCUT2D eigenvalue weighted by Gasteiger charge is 2.35. The van der Waals surface area contributed by atoms with Crippen LogP contribution in [0.15, 0.2) is 0 Å². The fourth-order valence-corrected chi connectivity index (χ4v) is 2.43. The van der Waals surface area contributed by atoms with E-state index in [1.54, 1.807) is 0 Å². The summed E-state index contributed by atoms with van der Waals surface area (Å²) in [6.07, 6.45) is 4.97. The molecule has 0 amide bonds. The van der Waals surface area contributed by atoms with Crippen molar-refractivity contribution in [2.45, 2.75) is 52.9 Å². The molecule has 0 radical (unpaired) electrons. The summed E-state index contributed by atoms with van der Waals surface area (Å²) in [7, 11) is 0.523. The number of carbonyl (C=O) groups is 1. The minimum Gasteiger partial charge on any atom is -0.528 e. The van der Waals surface area contributed by atoms with Crippen molar-refractivity contribution in [3.8, 4) is 0 Å². The summed E-state index contributed by atoms with van der Waals surface area (Å²) in [5.41, 5.74) is -0.175. The third kappa shape index (κ3) is 3.14. The molecule has 0 saturated carbocycles. The molecule has 0 fully saturated rings. The second kappa shape index (κ2) is 6.19. The zero-order valence-corrected chi connectivity index (χ0v) is 11.4. The normalized spacial score (nSPS) is 11.6. The van der Waals surface area contributed by atoms with Crippen LogP contribution in [0.5, 0.6) is 0 Å². The van der Waals surface area contributed by atoms with Crippen LogP contribution in [-0.2, 0) is 9.22 Å². The first-order valence-electron chi connectivity index (χ1n) is 5.25. The van der Waals surface area contributed by atoms with Gasteiger partial charge in [-0.25, -0.2) is 0 Å². The van der Waals surface area contributed by atoms with E-state index in [2.05, 4.69) is 20.8 Å². The van der Waals surface area contributed by atoms with Crippen LogP contribution < -0.4 is 0 Å².